The van der Waals surface area contributed by atoms with Crippen LogP contribution in [0, 0.1) is 6.92 Å². The zero-order valence-corrected chi connectivity index (χ0v) is 16.6. The maximum atomic E-state index is 13.2. The Labute approximate surface area is 161 Å². The van der Waals surface area contributed by atoms with Crippen LogP contribution < -0.4 is 9.24 Å². The molecule has 3 rings (SSSR count). The summed E-state index contributed by atoms with van der Waals surface area (Å²) in [4.78, 5) is 23.8. The molecule has 0 unspecified atom stereocenters. The minimum Gasteiger partial charge on any atom is -0.414 e. The first-order valence-electron chi connectivity index (χ1n) is 8.51. The number of sulfonamides is 1. The molecule has 6 nitrogen and oxygen atoms in total. The Morgan fingerprint density at radius 3 is 2.52 bits per heavy atom. The summed E-state index contributed by atoms with van der Waals surface area (Å²) >= 11 is 0.867. The standard InChI is InChI=1S/C19H19NO5S2/c1-3-4-5-18(21)20(27(23,24)15-9-6-13(2)7-10-15)14-8-11-16-17(12-14)26-19(22)25-16/h6-12H,3-5H2,1-2H3. The molecule has 0 aliphatic heterocycles. The van der Waals surface area contributed by atoms with E-state index >= 15 is 0 Å². The molecule has 1 amide bonds. The molecular weight excluding hydrogens is 386 g/mol. The largest absolute Gasteiger partial charge is 0.414 e. The lowest BCUT2D eigenvalue weighted by molar-refractivity contribution is -0.117. The molecule has 1 aromatic heterocycles. The van der Waals surface area contributed by atoms with E-state index in [2.05, 4.69) is 0 Å². The number of unbranched alkanes of at least 4 members (excludes halogenated alkanes) is 1. The smallest absolute Gasteiger partial charge is 0.396 e. The van der Waals surface area contributed by atoms with Gasteiger partial charge in [0.25, 0.3) is 10.0 Å². The van der Waals surface area contributed by atoms with Gasteiger partial charge in [-0.15, -0.1) is 0 Å². The van der Waals surface area contributed by atoms with Gasteiger partial charge in [0.05, 0.1) is 15.3 Å². The molecule has 27 heavy (non-hydrogen) atoms. The predicted molar refractivity (Wildman–Crippen MR) is 106 cm³/mol. The van der Waals surface area contributed by atoms with Gasteiger partial charge in [-0.25, -0.2) is 17.5 Å². The van der Waals surface area contributed by atoms with Gasteiger partial charge in [-0.1, -0.05) is 42.4 Å². The number of aryl methyl sites for hydroxylation is 1. The SMILES string of the molecule is CCCCC(=O)N(c1ccc2oc(=O)sc2c1)S(=O)(=O)c1ccc(C)cc1. The highest BCUT2D eigenvalue weighted by atomic mass is 32.2. The van der Waals surface area contributed by atoms with Crippen molar-refractivity contribution in [3.63, 3.8) is 0 Å². The lowest BCUT2D eigenvalue weighted by atomic mass is 10.2. The van der Waals surface area contributed by atoms with E-state index in [-0.39, 0.29) is 17.0 Å². The number of hydrogen-bond acceptors (Lipinski definition) is 6. The van der Waals surface area contributed by atoms with Crippen molar-refractivity contribution < 1.29 is 17.6 Å². The van der Waals surface area contributed by atoms with Gasteiger partial charge < -0.3 is 4.42 Å². The average molecular weight is 405 g/mol. The van der Waals surface area contributed by atoms with E-state index in [0.717, 1.165) is 27.6 Å². The van der Waals surface area contributed by atoms with Gasteiger partial charge in [0.2, 0.25) is 5.91 Å². The van der Waals surface area contributed by atoms with Gasteiger partial charge in [0, 0.05) is 6.42 Å². The van der Waals surface area contributed by atoms with Crippen molar-refractivity contribution in [1.82, 2.24) is 0 Å². The van der Waals surface area contributed by atoms with E-state index in [1.165, 1.54) is 30.3 Å². The molecule has 2 aromatic carbocycles. The van der Waals surface area contributed by atoms with Crippen LogP contribution in [0.25, 0.3) is 10.3 Å². The van der Waals surface area contributed by atoms with Crippen molar-refractivity contribution in [2.75, 3.05) is 4.31 Å². The van der Waals surface area contributed by atoms with E-state index in [0.29, 0.717) is 16.7 Å². The summed E-state index contributed by atoms with van der Waals surface area (Å²) in [6.45, 7) is 3.79. The molecule has 1 heterocycles. The van der Waals surface area contributed by atoms with Crippen molar-refractivity contribution in [3.05, 3.63) is 57.8 Å². The summed E-state index contributed by atoms with van der Waals surface area (Å²) in [5.41, 5.74) is 1.48. The minimum absolute atomic E-state index is 0.0402. The van der Waals surface area contributed by atoms with Crippen molar-refractivity contribution in [2.45, 2.75) is 38.0 Å². The van der Waals surface area contributed by atoms with Crippen molar-refractivity contribution in [1.29, 1.82) is 0 Å². The highest BCUT2D eigenvalue weighted by Crippen LogP contribution is 2.29. The lowest BCUT2D eigenvalue weighted by Gasteiger charge is -2.23. The van der Waals surface area contributed by atoms with Crippen LogP contribution in [0.2, 0.25) is 0 Å². The van der Waals surface area contributed by atoms with Crippen molar-refractivity contribution in [3.8, 4) is 0 Å². The van der Waals surface area contributed by atoms with Crippen molar-refractivity contribution >= 4 is 43.2 Å². The molecule has 8 heteroatoms. The number of nitrogens with zero attached hydrogens (tertiary/aromatic N) is 1. The second-order valence-electron chi connectivity index (χ2n) is 6.16. The molecule has 0 spiro atoms. The Balaban J connectivity index is 2.13. The highest BCUT2D eigenvalue weighted by molar-refractivity contribution is 7.93. The molecule has 3 aromatic rings. The first-order valence-corrected chi connectivity index (χ1v) is 10.8. The third-order valence-corrected chi connectivity index (χ3v) is 6.63. The summed E-state index contributed by atoms with van der Waals surface area (Å²) in [5.74, 6) is -0.507. The topological polar surface area (TPSA) is 84.7 Å². The van der Waals surface area contributed by atoms with Crippen LogP contribution >= 0.6 is 11.3 Å². The number of carbonyl (C=O) groups excluding carboxylic acids is 1. The molecule has 0 saturated heterocycles. The fraction of sp³-hybridized carbons (Fsp3) is 0.263. The summed E-state index contributed by atoms with van der Waals surface area (Å²) in [7, 11) is -4.08. The third-order valence-electron chi connectivity index (χ3n) is 4.08. The molecule has 0 N–H and O–H groups in total. The molecule has 0 aliphatic rings. The second-order valence-corrected chi connectivity index (χ2v) is 8.93. The van der Waals surface area contributed by atoms with Crippen LogP contribution in [0.1, 0.15) is 31.7 Å². The van der Waals surface area contributed by atoms with E-state index in [1.807, 2.05) is 13.8 Å². The Bertz CT molecular complexity index is 1130. The van der Waals surface area contributed by atoms with Gasteiger partial charge >= 0.3 is 4.94 Å². The fourth-order valence-electron chi connectivity index (χ4n) is 2.65. The maximum Gasteiger partial charge on any atom is 0.396 e. The summed E-state index contributed by atoms with van der Waals surface area (Å²) in [6, 6.07) is 10.8. The maximum absolute atomic E-state index is 13.2. The van der Waals surface area contributed by atoms with E-state index < -0.39 is 20.9 Å². The number of carbonyl (C=O) groups is 1. The molecule has 0 saturated carbocycles. The molecule has 0 radical (unpaired) electrons. The van der Waals surface area contributed by atoms with Crippen LogP contribution in [0.4, 0.5) is 5.69 Å². The minimum atomic E-state index is -4.08. The number of benzene rings is 2. The summed E-state index contributed by atoms with van der Waals surface area (Å²) in [5, 5.41) is 0. The number of hydrogen-bond donors (Lipinski definition) is 0. The van der Waals surface area contributed by atoms with Gasteiger partial charge in [0.15, 0.2) is 0 Å². The quantitative estimate of drug-likeness (QED) is 0.617. The molecule has 0 atom stereocenters. The molecular formula is C19H19NO5S2. The average Bonchev–Trinajstić information content (AvgIpc) is 2.99. The van der Waals surface area contributed by atoms with Crippen LogP contribution in [0.15, 0.2) is 56.6 Å². The Morgan fingerprint density at radius 1 is 1.15 bits per heavy atom. The van der Waals surface area contributed by atoms with Crippen LogP contribution in [0.3, 0.4) is 0 Å². The van der Waals surface area contributed by atoms with E-state index in [1.54, 1.807) is 12.1 Å². The molecule has 142 valence electrons. The lowest BCUT2D eigenvalue weighted by Crippen LogP contribution is -2.36. The molecule has 0 aliphatic carbocycles. The third kappa shape index (κ3) is 3.96. The zero-order valence-electron chi connectivity index (χ0n) is 15.0. The fourth-order valence-corrected chi connectivity index (χ4v) is 4.79. The molecule has 0 fully saturated rings. The van der Waals surface area contributed by atoms with Gasteiger partial charge in [-0.2, -0.15) is 0 Å². The number of rotatable bonds is 6. The number of fused-ring (bicyclic) bond motifs is 1. The number of amides is 1. The normalized spacial score (nSPS) is 11.6. The predicted octanol–water partition coefficient (Wildman–Crippen LogP) is 4.08. The van der Waals surface area contributed by atoms with Crippen LogP contribution in [0.5, 0.6) is 0 Å². The second kappa shape index (κ2) is 7.66. The highest BCUT2D eigenvalue weighted by Gasteiger charge is 2.31. The summed E-state index contributed by atoms with van der Waals surface area (Å²) in [6.07, 6.45) is 1.47. The van der Waals surface area contributed by atoms with Gasteiger partial charge in [-0.05, 0) is 43.7 Å². The van der Waals surface area contributed by atoms with Crippen molar-refractivity contribution in [2.24, 2.45) is 0 Å². The van der Waals surface area contributed by atoms with E-state index in [4.69, 9.17) is 4.42 Å². The zero-order chi connectivity index (χ0) is 19.6. The van der Waals surface area contributed by atoms with Crippen LogP contribution in [-0.4, -0.2) is 14.3 Å². The molecule has 0 bridgehead atoms. The van der Waals surface area contributed by atoms with Crippen LogP contribution in [-0.2, 0) is 14.8 Å². The first-order chi connectivity index (χ1) is 12.8. The number of anilines is 1. The summed E-state index contributed by atoms with van der Waals surface area (Å²) < 4.78 is 32.8. The van der Waals surface area contributed by atoms with E-state index in [9.17, 15) is 18.0 Å². The van der Waals surface area contributed by atoms with Gasteiger partial charge in [-0.3, -0.25) is 4.79 Å². The first kappa shape index (κ1) is 19.3. The Morgan fingerprint density at radius 2 is 1.85 bits per heavy atom. The Kier molecular flexibility index (Phi) is 5.48. The Hall–Kier alpha value is -2.45. The monoisotopic (exact) mass is 405 g/mol. The van der Waals surface area contributed by atoms with Gasteiger partial charge in [0.1, 0.15) is 5.58 Å².